The Hall–Kier alpha value is -3.58. The van der Waals surface area contributed by atoms with Gasteiger partial charge < -0.3 is 18.6 Å². The smallest absolute Gasteiger partial charge is 0.363 e. The summed E-state index contributed by atoms with van der Waals surface area (Å²) in [5.74, 6) is 0.287. The molecule has 0 unspecified atom stereocenters. The number of hydrogen-bond donors (Lipinski definition) is 0. The lowest BCUT2D eigenvalue weighted by Crippen LogP contribution is -2.04. The summed E-state index contributed by atoms with van der Waals surface area (Å²) in [6.07, 6.45) is 3.00. The highest BCUT2D eigenvalue weighted by Gasteiger charge is 2.26. The summed E-state index contributed by atoms with van der Waals surface area (Å²) < 4.78 is 34.9. The number of nitrogens with zero attached hydrogens (tertiary/aromatic N) is 1. The van der Waals surface area contributed by atoms with Crippen molar-refractivity contribution in [3.8, 4) is 11.5 Å². The molecule has 6 nitrogen and oxygen atoms in total. The molecule has 0 spiro atoms. The van der Waals surface area contributed by atoms with E-state index in [9.17, 15) is 9.18 Å². The van der Waals surface area contributed by atoms with E-state index in [0.29, 0.717) is 34.5 Å². The van der Waals surface area contributed by atoms with E-state index in [2.05, 4.69) is 4.99 Å². The van der Waals surface area contributed by atoms with Crippen LogP contribution in [0.2, 0.25) is 5.02 Å². The molecule has 0 radical (unpaired) electrons. The van der Waals surface area contributed by atoms with Gasteiger partial charge >= 0.3 is 5.97 Å². The highest BCUT2D eigenvalue weighted by Crippen LogP contribution is 2.38. The molecule has 0 saturated heterocycles. The van der Waals surface area contributed by atoms with Gasteiger partial charge in [-0.3, -0.25) is 0 Å². The Morgan fingerprint density at radius 1 is 1.16 bits per heavy atom. The van der Waals surface area contributed by atoms with Crippen LogP contribution in [0.15, 0.2) is 69.9 Å². The molecule has 31 heavy (non-hydrogen) atoms. The number of ether oxygens (including phenoxy) is 3. The van der Waals surface area contributed by atoms with Crippen molar-refractivity contribution in [2.24, 2.45) is 4.99 Å². The second-order valence-electron chi connectivity index (χ2n) is 6.49. The minimum atomic E-state index is -0.600. The van der Waals surface area contributed by atoms with E-state index in [-0.39, 0.29) is 24.0 Å². The molecule has 3 aromatic rings. The third kappa shape index (κ3) is 4.78. The summed E-state index contributed by atoms with van der Waals surface area (Å²) in [4.78, 5) is 16.4. The van der Waals surface area contributed by atoms with Crippen LogP contribution < -0.4 is 9.47 Å². The zero-order valence-corrected chi connectivity index (χ0v) is 17.2. The Morgan fingerprint density at radius 3 is 2.68 bits per heavy atom. The largest absolute Gasteiger partial charge is 0.490 e. The lowest BCUT2D eigenvalue weighted by molar-refractivity contribution is -0.130. The number of carbonyl (C=O) groups excluding carboxylic acids is 1. The second kappa shape index (κ2) is 9.06. The standard InChI is InChI=1S/C23H17ClFNO5/c1-2-28-20-12-15(11-18-23(27)31-22(26-18)19-4-3-9-29-19)10-17(24)21(20)30-13-14-5-7-16(25)8-6-14/h3-12H,2,13H2,1H3/b18-11-. The molecule has 0 amide bonds. The van der Waals surface area contributed by atoms with Gasteiger partial charge in [0.05, 0.1) is 17.9 Å². The summed E-state index contributed by atoms with van der Waals surface area (Å²) in [7, 11) is 0. The van der Waals surface area contributed by atoms with Crippen molar-refractivity contribution < 1.29 is 27.8 Å². The lowest BCUT2D eigenvalue weighted by Gasteiger charge is -2.14. The van der Waals surface area contributed by atoms with Gasteiger partial charge in [-0.2, -0.15) is 0 Å². The predicted octanol–water partition coefficient (Wildman–Crippen LogP) is 5.39. The summed E-state index contributed by atoms with van der Waals surface area (Å²) in [6.45, 7) is 2.40. The average Bonchev–Trinajstić information content (AvgIpc) is 3.39. The monoisotopic (exact) mass is 441 g/mol. The van der Waals surface area contributed by atoms with Crippen LogP contribution >= 0.6 is 11.6 Å². The SMILES string of the molecule is CCOc1cc(/C=C2\N=C(c3ccco3)OC2=O)cc(Cl)c1OCc1ccc(F)cc1. The van der Waals surface area contributed by atoms with E-state index in [4.69, 9.17) is 30.2 Å². The van der Waals surface area contributed by atoms with Crippen LogP contribution in [0.1, 0.15) is 23.8 Å². The fourth-order valence-corrected chi connectivity index (χ4v) is 3.16. The zero-order valence-electron chi connectivity index (χ0n) is 16.4. The highest BCUT2D eigenvalue weighted by atomic mass is 35.5. The van der Waals surface area contributed by atoms with Crippen LogP contribution in [0.3, 0.4) is 0 Å². The fourth-order valence-electron chi connectivity index (χ4n) is 2.88. The van der Waals surface area contributed by atoms with Crippen molar-refractivity contribution >= 4 is 29.5 Å². The van der Waals surface area contributed by atoms with Crippen LogP contribution in [-0.2, 0) is 16.1 Å². The Balaban J connectivity index is 1.60. The summed E-state index contributed by atoms with van der Waals surface area (Å²) in [5.41, 5.74) is 1.46. The van der Waals surface area contributed by atoms with Gasteiger partial charge in [-0.15, -0.1) is 0 Å². The first kappa shape index (κ1) is 20.7. The number of hydrogen-bond acceptors (Lipinski definition) is 6. The molecule has 158 valence electrons. The van der Waals surface area contributed by atoms with Gasteiger partial charge in [-0.1, -0.05) is 23.7 Å². The molecule has 1 aliphatic rings. The number of rotatable bonds is 7. The minimum absolute atomic E-state index is 0.0941. The van der Waals surface area contributed by atoms with Crippen LogP contribution in [0, 0.1) is 5.82 Å². The molecule has 4 rings (SSSR count). The molecule has 1 aliphatic heterocycles. The van der Waals surface area contributed by atoms with E-state index in [0.717, 1.165) is 5.56 Å². The summed E-state index contributed by atoms with van der Waals surface area (Å²) in [6, 6.07) is 12.6. The van der Waals surface area contributed by atoms with Crippen molar-refractivity contribution in [3.05, 3.63) is 88.2 Å². The van der Waals surface area contributed by atoms with Crippen LogP contribution in [-0.4, -0.2) is 18.5 Å². The quantitative estimate of drug-likeness (QED) is 0.363. The average molecular weight is 442 g/mol. The van der Waals surface area contributed by atoms with Crippen molar-refractivity contribution in [2.75, 3.05) is 6.61 Å². The molecule has 1 aromatic heterocycles. The van der Waals surface area contributed by atoms with Gasteiger partial charge in [0, 0.05) is 0 Å². The number of esters is 1. The Morgan fingerprint density at radius 2 is 1.97 bits per heavy atom. The van der Waals surface area contributed by atoms with Gasteiger partial charge in [0.25, 0.3) is 5.90 Å². The van der Waals surface area contributed by atoms with Gasteiger partial charge in [-0.25, -0.2) is 14.2 Å². The molecular weight excluding hydrogens is 425 g/mol. The van der Waals surface area contributed by atoms with Gasteiger partial charge in [-0.05, 0) is 60.5 Å². The molecule has 2 aromatic carbocycles. The Labute approximate surface area is 182 Å². The van der Waals surface area contributed by atoms with Crippen LogP contribution in [0.25, 0.3) is 6.08 Å². The normalized spacial score (nSPS) is 14.5. The second-order valence-corrected chi connectivity index (χ2v) is 6.90. The van der Waals surface area contributed by atoms with Crippen molar-refractivity contribution in [1.29, 1.82) is 0 Å². The molecule has 0 atom stereocenters. The number of carbonyl (C=O) groups is 1. The number of cyclic esters (lactones) is 1. The van der Waals surface area contributed by atoms with Crippen LogP contribution in [0.5, 0.6) is 11.5 Å². The molecule has 2 heterocycles. The molecule has 0 bridgehead atoms. The van der Waals surface area contributed by atoms with Crippen LogP contribution in [0.4, 0.5) is 4.39 Å². The Kier molecular flexibility index (Phi) is 6.04. The maximum Gasteiger partial charge on any atom is 0.363 e. The molecule has 0 saturated carbocycles. The third-order valence-corrected chi connectivity index (χ3v) is 4.56. The number of halogens is 2. The van der Waals surface area contributed by atoms with Crippen molar-refractivity contribution in [2.45, 2.75) is 13.5 Å². The maximum absolute atomic E-state index is 13.1. The van der Waals surface area contributed by atoms with E-state index in [1.54, 1.807) is 36.4 Å². The number of benzene rings is 2. The van der Waals surface area contributed by atoms with Gasteiger partial charge in [0.1, 0.15) is 12.4 Å². The van der Waals surface area contributed by atoms with E-state index in [1.807, 2.05) is 6.92 Å². The van der Waals surface area contributed by atoms with E-state index < -0.39 is 5.97 Å². The molecule has 0 N–H and O–H groups in total. The van der Waals surface area contributed by atoms with Gasteiger partial charge in [0.15, 0.2) is 23.0 Å². The first-order valence-electron chi connectivity index (χ1n) is 9.43. The summed E-state index contributed by atoms with van der Waals surface area (Å²) >= 11 is 6.43. The fraction of sp³-hybridized carbons (Fsp3) is 0.130. The van der Waals surface area contributed by atoms with E-state index >= 15 is 0 Å². The zero-order chi connectivity index (χ0) is 21.8. The maximum atomic E-state index is 13.1. The minimum Gasteiger partial charge on any atom is -0.490 e. The topological polar surface area (TPSA) is 70.3 Å². The van der Waals surface area contributed by atoms with E-state index in [1.165, 1.54) is 24.5 Å². The lowest BCUT2D eigenvalue weighted by atomic mass is 10.1. The molecule has 8 heteroatoms. The van der Waals surface area contributed by atoms with Crippen molar-refractivity contribution in [1.82, 2.24) is 0 Å². The summed E-state index contributed by atoms with van der Waals surface area (Å²) in [5, 5.41) is 0.293. The third-order valence-electron chi connectivity index (χ3n) is 4.28. The number of furan rings is 1. The molecule has 0 aliphatic carbocycles. The predicted molar refractivity (Wildman–Crippen MR) is 113 cm³/mol. The Bertz CT molecular complexity index is 1150. The molecular formula is C23H17ClFNO5. The van der Waals surface area contributed by atoms with Crippen molar-refractivity contribution in [3.63, 3.8) is 0 Å². The first-order valence-corrected chi connectivity index (χ1v) is 9.81. The highest BCUT2D eigenvalue weighted by molar-refractivity contribution is 6.32. The molecule has 0 fully saturated rings. The first-order chi connectivity index (χ1) is 15.0. The number of aliphatic imine (C=N–C) groups is 1. The van der Waals surface area contributed by atoms with Gasteiger partial charge in [0.2, 0.25) is 0 Å².